The van der Waals surface area contributed by atoms with Crippen LogP contribution in [0.3, 0.4) is 0 Å². The molecule has 0 saturated carbocycles. The average molecular weight is 366 g/mol. The summed E-state index contributed by atoms with van der Waals surface area (Å²) < 4.78 is 13.2. The van der Waals surface area contributed by atoms with Gasteiger partial charge >= 0.3 is 0 Å². The van der Waals surface area contributed by atoms with E-state index in [0.29, 0.717) is 23.4 Å². The zero-order chi connectivity index (χ0) is 17.5. The van der Waals surface area contributed by atoms with Crippen LogP contribution in [0.4, 0.5) is 10.1 Å². The van der Waals surface area contributed by atoms with Crippen molar-refractivity contribution in [3.05, 3.63) is 64.9 Å². The Labute approximate surface area is 152 Å². The van der Waals surface area contributed by atoms with Gasteiger partial charge in [0.2, 0.25) is 0 Å². The van der Waals surface area contributed by atoms with Gasteiger partial charge in [0, 0.05) is 18.3 Å². The smallest absolute Gasteiger partial charge is 0.170 e. The Morgan fingerprint density at radius 3 is 2.54 bits per heavy atom. The molecule has 0 radical (unpaired) electrons. The lowest BCUT2D eigenvalue weighted by molar-refractivity contribution is 0.291. The Morgan fingerprint density at radius 1 is 1.21 bits per heavy atom. The van der Waals surface area contributed by atoms with Crippen LogP contribution < -0.4 is 10.6 Å². The van der Waals surface area contributed by atoms with Gasteiger partial charge in [-0.1, -0.05) is 41.9 Å². The Bertz CT molecular complexity index is 679. The second-order valence-corrected chi connectivity index (χ2v) is 6.59. The molecule has 0 aliphatic heterocycles. The van der Waals surface area contributed by atoms with E-state index in [1.807, 2.05) is 32.3 Å². The lowest BCUT2D eigenvalue weighted by Crippen LogP contribution is -2.42. The van der Waals surface area contributed by atoms with Crippen molar-refractivity contribution >= 4 is 34.6 Å². The molecule has 0 spiro atoms. The molecule has 3 nitrogen and oxygen atoms in total. The largest absolute Gasteiger partial charge is 0.361 e. The van der Waals surface area contributed by atoms with Gasteiger partial charge in [-0.05, 0) is 56.5 Å². The molecule has 0 aliphatic rings. The van der Waals surface area contributed by atoms with E-state index in [-0.39, 0.29) is 5.02 Å². The summed E-state index contributed by atoms with van der Waals surface area (Å²) in [4.78, 5) is 2.16. The molecule has 0 aromatic heterocycles. The van der Waals surface area contributed by atoms with Crippen LogP contribution in [-0.2, 0) is 6.42 Å². The molecule has 0 heterocycles. The lowest BCUT2D eigenvalue weighted by Gasteiger charge is -2.25. The molecule has 24 heavy (non-hydrogen) atoms. The monoisotopic (exact) mass is 365 g/mol. The van der Waals surface area contributed by atoms with Crippen molar-refractivity contribution < 1.29 is 4.39 Å². The molecule has 2 rings (SSSR count). The number of anilines is 1. The molecule has 1 atom stereocenters. The maximum Gasteiger partial charge on any atom is 0.170 e. The van der Waals surface area contributed by atoms with E-state index < -0.39 is 5.82 Å². The highest BCUT2D eigenvalue weighted by Crippen LogP contribution is 2.19. The van der Waals surface area contributed by atoms with Crippen molar-refractivity contribution in [1.82, 2.24) is 10.2 Å². The highest BCUT2D eigenvalue weighted by atomic mass is 35.5. The maximum absolute atomic E-state index is 13.2. The number of thiocarbonyl (C=S) groups is 1. The van der Waals surface area contributed by atoms with E-state index in [1.54, 1.807) is 6.07 Å². The normalized spacial score (nSPS) is 12.0. The summed E-state index contributed by atoms with van der Waals surface area (Å²) in [5, 5.41) is 6.78. The molecule has 128 valence electrons. The number of benzene rings is 2. The van der Waals surface area contributed by atoms with Gasteiger partial charge < -0.3 is 15.5 Å². The van der Waals surface area contributed by atoms with Crippen LogP contribution in [0.1, 0.15) is 5.56 Å². The number of hydrogen-bond donors (Lipinski definition) is 2. The summed E-state index contributed by atoms with van der Waals surface area (Å²) in [6.07, 6.45) is 0.922. The average Bonchev–Trinajstić information content (AvgIpc) is 2.55. The third-order valence-electron chi connectivity index (χ3n) is 3.72. The van der Waals surface area contributed by atoms with Gasteiger partial charge in [-0.15, -0.1) is 0 Å². The molecule has 2 aromatic carbocycles. The Morgan fingerprint density at radius 2 is 1.92 bits per heavy atom. The second kappa shape index (κ2) is 8.97. The van der Waals surface area contributed by atoms with E-state index in [1.165, 1.54) is 17.7 Å². The minimum absolute atomic E-state index is 0.0676. The first-order valence-electron chi connectivity index (χ1n) is 7.66. The van der Waals surface area contributed by atoms with Gasteiger partial charge in [-0.25, -0.2) is 4.39 Å². The molecular formula is C18H21ClFN3S. The summed E-state index contributed by atoms with van der Waals surface area (Å²) in [5.74, 6) is -0.448. The first kappa shape index (κ1) is 18.6. The van der Waals surface area contributed by atoms with E-state index >= 15 is 0 Å². The highest BCUT2D eigenvalue weighted by molar-refractivity contribution is 7.80. The number of nitrogens with zero attached hydrogens (tertiary/aromatic N) is 1. The highest BCUT2D eigenvalue weighted by Gasteiger charge is 2.13. The summed E-state index contributed by atoms with van der Waals surface area (Å²) in [7, 11) is 4.09. The fraction of sp³-hybridized carbons (Fsp3) is 0.278. The van der Waals surface area contributed by atoms with E-state index in [0.717, 1.165) is 6.42 Å². The van der Waals surface area contributed by atoms with Gasteiger partial charge in [0.05, 0.1) is 5.02 Å². The van der Waals surface area contributed by atoms with Gasteiger partial charge in [0.1, 0.15) is 5.82 Å². The second-order valence-electron chi connectivity index (χ2n) is 5.77. The first-order chi connectivity index (χ1) is 11.5. The Hall–Kier alpha value is -1.69. The van der Waals surface area contributed by atoms with Crippen LogP contribution in [-0.4, -0.2) is 36.7 Å². The number of rotatable bonds is 6. The number of likely N-dealkylation sites (N-methyl/N-ethyl adjacent to an activating group) is 1. The predicted molar refractivity (Wildman–Crippen MR) is 103 cm³/mol. The zero-order valence-electron chi connectivity index (χ0n) is 13.7. The fourth-order valence-corrected chi connectivity index (χ4v) is 2.66. The van der Waals surface area contributed by atoms with Crippen LogP contribution in [0, 0.1) is 5.82 Å². The van der Waals surface area contributed by atoms with Gasteiger partial charge in [-0.2, -0.15) is 0 Å². The summed E-state index contributed by atoms with van der Waals surface area (Å²) in [5.41, 5.74) is 1.94. The molecule has 2 N–H and O–H groups in total. The topological polar surface area (TPSA) is 27.3 Å². The van der Waals surface area contributed by atoms with Crippen molar-refractivity contribution in [1.29, 1.82) is 0 Å². The van der Waals surface area contributed by atoms with E-state index in [9.17, 15) is 4.39 Å². The number of hydrogen-bond acceptors (Lipinski definition) is 2. The van der Waals surface area contributed by atoms with Crippen LogP contribution in [0.2, 0.25) is 5.02 Å². The molecule has 0 aliphatic carbocycles. The Balaban J connectivity index is 1.89. The number of nitrogens with one attached hydrogen (secondary N) is 2. The number of halogens is 2. The molecule has 0 amide bonds. The summed E-state index contributed by atoms with van der Waals surface area (Å²) >= 11 is 11.1. The lowest BCUT2D eigenvalue weighted by atomic mass is 10.1. The molecule has 0 fully saturated rings. The zero-order valence-corrected chi connectivity index (χ0v) is 15.3. The van der Waals surface area contributed by atoms with Crippen LogP contribution in [0.25, 0.3) is 0 Å². The molecule has 6 heteroatoms. The predicted octanol–water partition coefficient (Wildman–Crippen LogP) is 3.94. The molecule has 0 saturated heterocycles. The first-order valence-corrected chi connectivity index (χ1v) is 8.44. The third-order valence-corrected chi connectivity index (χ3v) is 4.26. The molecular weight excluding hydrogens is 345 g/mol. The SMILES string of the molecule is CN(C)[C@@H](CNC(=S)Nc1ccc(F)c(Cl)c1)Cc1ccccc1. The Kier molecular flexibility index (Phi) is 6.97. The van der Waals surface area contributed by atoms with Crippen molar-refractivity contribution in [3.8, 4) is 0 Å². The van der Waals surface area contributed by atoms with Crippen LogP contribution in [0.15, 0.2) is 48.5 Å². The van der Waals surface area contributed by atoms with Gasteiger partial charge in [0.15, 0.2) is 5.11 Å². The van der Waals surface area contributed by atoms with Crippen molar-refractivity contribution in [2.45, 2.75) is 12.5 Å². The van der Waals surface area contributed by atoms with Crippen molar-refractivity contribution in [3.63, 3.8) is 0 Å². The van der Waals surface area contributed by atoms with Gasteiger partial charge in [-0.3, -0.25) is 0 Å². The van der Waals surface area contributed by atoms with Crippen molar-refractivity contribution in [2.24, 2.45) is 0 Å². The minimum Gasteiger partial charge on any atom is -0.361 e. The van der Waals surface area contributed by atoms with Crippen LogP contribution in [0.5, 0.6) is 0 Å². The molecule has 0 unspecified atom stereocenters. The molecule has 0 bridgehead atoms. The van der Waals surface area contributed by atoms with E-state index in [2.05, 4.69) is 27.7 Å². The van der Waals surface area contributed by atoms with E-state index in [4.69, 9.17) is 23.8 Å². The van der Waals surface area contributed by atoms with Crippen LogP contribution >= 0.6 is 23.8 Å². The maximum atomic E-state index is 13.2. The third kappa shape index (κ3) is 5.74. The minimum atomic E-state index is -0.448. The quantitative estimate of drug-likeness (QED) is 0.758. The molecule has 2 aromatic rings. The van der Waals surface area contributed by atoms with Gasteiger partial charge in [0.25, 0.3) is 0 Å². The summed E-state index contributed by atoms with van der Waals surface area (Å²) in [6.45, 7) is 0.697. The summed E-state index contributed by atoms with van der Waals surface area (Å²) in [6, 6.07) is 15.1. The standard InChI is InChI=1S/C18H21ClFN3S/c1-23(2)15(10-13-6-4-3-5-7-13)12-21-18(24)22-14-8-9-17(20)16(19)11-14/h3-9,11,15H,10,12H2,1-2H3,(H2,21,22,24)/t15-/m1/s1. The van der Waals surface area contributed by atoms with Crippen molar-refractivity contribution in [2.75, 3.05) is 26.0 Å². The fourth-order valence-electron chi connectivity index (χ4n) is 2.28.